The minimum Gasteiger partial charge on any atom is -0.475 e. The van der Waals surface area contributed by atoms with Crippen LogP contribution in [0.15, 0.2) is 12.4 Å². The topological polar surface area (TPSA) is 112 Å². The number of carbonyl (C=O) groups excluding carboxylic acids is 2. The third-order valence-corrected chi connectivity index (χ3v) is 3.29. The van der Waals surface area contributed by atoms with E-state index in [1.807, 2.05) is 19.0 Å². The van der Waals surface area contributed by atoms with Gasteiger partial charge in [-0.1, -0.05) is 0 Å². The van der Waals surface area contributed by atoms with Crippen LogP contribution < -0.4 is 10.6 Å². The number of carboxylic acids is 1. The summed E-state index contributed by atoms with van der Waals surface area (Å²) >= 11 is 0. The van der Waals surface area contributed by atoms with Crippen LogP contribution in [0.25, 0.3) is 0 Å². The molecule has 26 heavy (non-hydrogen) atoms. The molecular formula is C15H19F3N4O4. The summed E-state index contributed by atoms with van der Waals surface area (Å²) < 4.78 is 31.7. The van der Waals surface area contributed by atoms with Gasteiger partial charge in [0.25, 0.3) is 11.8 Å². The van der Waals surface area contributed by atoms with Gasteiger partial charge < -0.3 is 20.6 Å². The largest absolute Gasteiger partial charge is 0.490 e. The number of amides is 2. The van der Waals surface area contributed by atoms with Gasteiger partial charge in [-0.3, -0.25) is 14.6 Å². The summed E-state index contributed by atoms with van der Waals surface area (Å²) in [5.41, 5.74) is 1.80. The number of hydrogen-bond acceptors (Lipinski definition) is 5. The second-order valence-corrected chi connectivity index (χ2v) is 5.58. The van der Waals surface area contributed by atoms with Crippen LogP contribution in [0.1, 0.15) is 26.3 Å². The van der Waals surface area contributed by atoms with Crippen LogP contribution in [0.4, 0.5) is 13.2 Å². The first kappa shape index (κ1) is 21.4. The number of nitrogens with one attached hydrogen (secondary N) is 2. The van der Waals surface area contributed by atoms with Crippen molar-refractivity contribution in [2.45, 2.75) is 12.6 Å². The van der Waals surface area contributed by atoms with E-state index < -0.39 is 12.1 Å². The standard InChI is InChI=1S/C13H18N4O2.C2HF3O2/c1-17(2)6-5-16-13(19)11-8-14-7-10-9(11)3-4-15-12(10)18;3-2(4,5)1(6)7/h7-8H,3-6H2,1-2H3,(H,15,18)(H,16,19);(H,6,7). The van der Waals surface area contributed by atoms with Crippen molar-refractivity contribution in [3.05, 3.63) is 29.1 Å². The summed E-state index contributed by atoms with van der Waals surface area (Å²) in [4.78, 5) is 38.6. The Morgan fingerprint density at radius 3 is 2.50 bits per heavy atom. The molecule has 0 bridgehead atoms. The Hall–Kier alpha value is -2.69. The molecule has 0 radical (unpaired) electrons. The van der Waals surface area contributed by atoms with E-state index >= 15 is 0 Å². The molecule has 0 unspecified atom stereocenters. The smallest absolute Gasteiger partial charge is 0.475 e. The molecule has 1 aliphatic rings. The van der Waals surface area contributed by atoms with Gasteiger partial charge in [0.1, 0.15) is 0 Å². The molecule has 11 heteroatoms. The molecule has 0 atom stereocenters. The molecule has 1 aliphatic heterocycles. The summed E-state index contributed by atoms with van der Waals surface area (Å²) in [6.07, 6.45) is -1.37. The van der Waals surface area contributed by atoms with E-state index in [0.717, 1.165) is 12.1 Å². The minimum atomic E-state index is -5.08. The maximum atomic E-state index is 12.1. The number of pyridine rings is 1. The Bertz CT molecular complexity index is 677. The minimum absolute atomic E-state index is 0.156. The molecule has 144 valence electrons. The maximum Gasteiger partial charge on any atom is 0.490 e. The third kappa shape index (κ3) is 6.31. The van der Waals surface area contributed by atoms with Crippen LogP contribution in [0.5, 0.6) is 0 Å². The van der Waals surface area contributed by atoms with Gasteiger partial charge in [-0.2, -0.15) is 13.2 Å². The van der Waals surface area contributed by atoms with Crippen LogP contribution >= 0.6 is 0 Å². The summed E-state index contributed by atoms with van der Waals surface area (Å²) in [7, 11) is 3.89. The van der Waals surface area contributed by atoms with Crippen molar-refractivity contribution < 1.29 is 32.7 Å². The fourth-order valence-electron chi connectivity index (χ4n) is 2.03. The van der Waals surface area contributed by atoms with Crippen molar-refractivity contribution in [3.8, 4) is 0 Å². The Morgan fingerprint density at radius 1 is 1.35 bits per heavy atom. The molecule has 0 spiro atoms. The first-order valence-corrected chi connectivity index (χ1v) is 7.52. The van der Waals surface area contributed by atoms with Crippen molar-refractivity contribution >= 4 is 17.8 Å². The van der Waals surface area contributed by atoms with Crippen molar-refractivity contribution in [1.29, 1.82) is 0 Å². The fraction of sp³-hybridized carbons (Fsp3) is 0.467. The van der Waals surface area contributed by atoms with Crippen LogP contribution in [0, 0.1) is 0 Å². The third-order valence-electron chi connectivity index (χ3n) is 3.29. The lowest BCUT2D eigenvalue weighted by Crippen LogP contribution is -2.36. The monoisotopic (exact) mass is 376 g/mol. The lowest BCUT2D eigenvalue weighted by molar-refractivity contribution is -0.192. The summed E-state index contributed by atoms with van der Waals surface area (Å²) in [5, 5.41) is 12.7. The molecule has 0 saturated heterocycles. The first-order chi connectivity index (χ1) is 12.0. The molecule has 0 aliphatic carbocycles. The summed E-state index contributed by atoms with van der Waals surface area (Å²) in [6, 6.07) is 0. The highest BCUT2D eigenvalue weighted by Gasteiger charge is 2.38. The second-order valence-electron chi connectivity index (χ2n) is 5.58. The highest BCUT2D eigenvalue weighted by Crippen LogP contribution is 2.17. The summed E-state index contributed by atoms with van der Waals surface area (Å²) in [6.45, 7) is 1.91. The van der Waals surface area contributed by atoms with Gasteiger partial charge in [-0.05, 0) is 26.1 Å². The van der Waals surface area contributed by atoms with E-state index in [1.54, 1.807) is 0 Å². The number of alkyl halides is 3. The van der Waals surface area contributed by atoms with Gasteiger partial charge in [-0.25, -0.2) is 4.79 Å². The van der Waals surface area contributed by atoms with E-state index in [2.05, 4.69) is 15.6 Å². The van der Waals surface area contributed by atoms with Crippen LogP contribution in [-0.4, -0.2) is 72.7 Å². The second kappa shape index (κ2) is 9.13. The van der Waals surface area contributed by atoms with Gasteiger partial charge in [-0.15, -0.1) is 0 Å². The zero-order valence-corrected chi connectivity index (χ0v) is 14.2. The Morgan fingerprint density at radius 2 is 1.96 bits per heavy atom. The molecule has 2 heterocycles. The number of nitrogens with zero attached hydrogens (tertiary/aromatic N) is 2. The van der Waals surface area contributed by atoms with Gasteiger partial charge in [0.15, 0.2) is 0 Å². The Balaban J connectivity index is 0.000000412. The predicted octanol–water partition coefficient (Wildman–Crippen LogP) is 0.292. The molecule has 3 N–H and O–H groups in total. The molecule has 0 saturated carbocycles. The lowest BCUT2D eigenvalue weighted by atomic mass is 9.97. The van der Waals surface area contributed by atoms with Crippen molar-refractivity contribution in [2.24, 2.45) is 0 Å². The maximum absolute atomic E-state index is 12.1. The molecule has 2 amide bonds. The molecule has 1 aromatic rings. The number of carbonyl (C=O) groups is 3. The quantitative estimate of drug-likeness (QED) is 0.697. The van der Waals surface area contributed by atoms with E-state index in [-0.39, 0.29) is 11.8 Å². The van der Waals surface area contributed by atoms with Gasteiger partial charge in [0.05, 0.1) is 11.1 Å². The van der Waals surface area contributed by atoms with Crippen LogP contribution in [-0.2, 0) is 11.2 Å². The zero-order chi connectivity index (χ0) is 19.9. The normalized spacial score (nSPS) is 13.2. The van der Waals surface area contributed by atoms with E-state index in [4.69, 9.17) is 9.90 Å². The highest BCUT2D eigenvalue weighted by atomic mass is 19.4. The first-order valence-electron chi connectivity index (χ1n) is 7.52. The lowest BCUT2D eigenvalue weighted by Gasteiger charge is -2.19. The number of fused-ring (bicyclic) bond motifs is 1. The molecule has 0 fully saturated rings. The van der Waals surface area contributed by atoms with Gasteiger partial charge in [0, 0.05) is 32.0 Å². The van der Waals surface area contributed by atoms with Crippen LogP contribution in [0.2, 0.25) is 0 Å². The van der Waals surface area contributed by atoms with E-state index in [9.17, 15) is 22.8 Å². The average molecular weight is 376 g/mol. The SMILES string of the molecule is CN(C)CCNC(=O)c1cncc2c1CCNC2=O.O=C(O)C(F)(F)F. The van der Waals surface area contributed by atoms with Crippen molar-refractivity contribution in [3.63, 3.8) is 0 Å². The summed E-state index contributed by atoms with van der Waals surface area (Å²) in [5.74, 6) is -3.08. The van der Waals surface area contributed by atoms with Gasteiger partial charge >= 0.3 is 12.1 Å². The molecule has 0 aromatic carbocycles. The number of aliphatic carboxylic acids is 1. The number of hydrogen-bond donors (Lipinski definition) is 3. The predicted molar refractivity (Wildman–Crippen MR) is 84.9 cm³/mol. The number of aromatic nitrogens is 1. The molecular weight excluding hydrogens is 357 g/mol. The van der Waals surface area contributed by atoms with Crippen molar-refractivity contribution in [2.75, 3.05) is 33.7 Å². The molecule has 1 aromatic heterocycles. The number of carboxylic acid groups (broad SMARTS) is 1. The number of likely N-dealkylation sites (N-methyl/N-ethyl adjacent to an activating group) is 1. The van der Waals surface area contributed by atoms with E-state index in [1.165, 1.54) is 12.4 Å². The zero-order valence-electron chi connectivity index (χ0n) is 14.2. The molecule has 2 rings (SSSR count). The highest BCUT2D eigenvalue weighted by molar-refractivity contribution is 6.02. The van der Waals surface area contributed by atoms with Gasteiger partial charge in [0.2, 0.25) is 0 Å². The van der Waals surface area contributed by atoms with E-state index in [0.29, 0.717) is 30.6 Å². The number of rotatable bonds is 4. The number of halogens is 3. The fourth-order valence-corrected chi connectivity index (χ4v) is 2.03. The Labute approximate surface area is 147 Å². The van der Waals surface area contributed by atoms with Crippen molar-refractivity contribution in [1.82, 2.24) is 20.5 Å². The Kier molecular flexibility index (Phi) is 7.50. The average Bonchev–Trinajstić information content (AvgIpc) is 2.54. The molecule has 8 nitrogen and oxygen atoms in total. The van der Waals surface area contributed by atoms with Crippen LogP contribution in [0.3, 0.4) is 0 Å².